The maximum atomic E-state index is 13.1. The van der Waals surface area contributed by atoms with Gasteiger partial charge in [-0.15, -0.1) is 0 Å². The molecule has 2 aromatic carbocycles. The smallest absolute Gasteiger partial charge is 0.229 e. The molecule has 0 spiro atoms. The first-order valence-corrected chi connectivity index (χ1v) is 10.7. The molecular weight excluding hydrogens is 422 g/mol. The van der Waals surface area contributed by atoms with Crippen molar-refractivity contribution in [1.82, 2.24) is 4.90 Å². The molecule has 0 unspecified atom stereocenters. The molecule has 8 heteroatoms. The lowest BCUT2D eigenvalue weighted by atomic mass is 9.86. The Bertz CT molecular complexity index is 1050. The van der Waals surface area contributed by atoms with E-state index in [1.165, 1.54) is 11.8 Å². The number of nitrogens with zero attached hydrogens (tertiary/aromatic N) is 3. The first-order chi connectivity index (χ1) is 14.5. The molecule has 1 amide bonds. The molecule has 2 aromatic rings. The number of methoxy groups -OCH3 is 2. The van der Waals surface area contributed by atoms with Gasteiger partial charge in [0.15, 0.2) is 0 Å². The molecule has 154 valence electrons. The minimum atomic E-state index is -0.367. The highest BCUT2D eigenvalue weighted by Gasteiger charge is 2.39. The molecule has 0 N–H and O–H groups in total. The lowest BCUT2D eigenvalue weighted by molar-refractivity contribution is -0.129. The molecule has 1 saturated heterocycles. The van der Waals surface area contributed by atoms with Gasteiger partial charge < -0.3 is 14.4 Å². The van der Waals surface area contributed by atoms with Gasteiger partial charge in [-0.05, 0) is 42.5 Å². The lowest BCUT2D eigenvalue weighted by Crippen LogP contribution is -2.47. The fourth-order valence-electron chi connectivity index (χ4n) is 3.75. The summed E-state index contributed by atoms with van der Waals surface area (Å²) in [6.07, 6.45) is 0.199. The van der Waals surface area contributed by atoms with Crippen LogP contribution in [0.1, 0.15) is 17.9 Å². The average Bonchev–Trinajstić information content (AvgIpc) is 2.79. The molecule has 1 fully saturated rings. The van der Waals surface area contributed by atoms with Crippen molar-refractivity contribution in [2.24, 2.45) is 0 Å². The van der Waals surface area contributed by atoms with E-state index in [1.54, 1.807) is 31.3 Å². The van der Waals surface area contributed by atoms with Crippen molar-refractivity contribution in [3.63, 3.8) is 0 Å². The van der Waals surface area contributed by atoms with Gasteiger partial charge in [-0.25, -0.2) is 0 Å². The van der Waals surface area contributed by atoms with E-state index in [-0.39, 0.29) is 18.2 Å². The number of thioether (sulfide) groups is 1. The Morgan fingerprint density at radius 3 is 2.60 bits per heavy atom. The van der Waals surface area contributed by atoms with Crippen LogP contribution >= 0.6 is 23.4 Å². The number of amides is 1. The fraction of sp³-hybridized carbons (Fsp3) is 0.273. The summed E-state index contributed by atoms with van der Waals surface area (Å²) >= 11 is 7.49. The minimum Gasteiger partial charge on any atom is -0.497 e. The number of carbonyl (C=O) groups excluding carboxylic acids is 1. The van der Waals surface area contributed by atoms with Gasteiger partial charge >= 0.3 is 0 Å². The zero-order chi connectivity index (χ0) is 21.3. The molecule has 6 nitrogen and oxygen atoms in total. The number of rotatable bonds is 4. The Morgan fingerprint density at radius 1 is 1.17 bits per heavy atom. The summed E-state index contributed by atoms with van der Waals surface area (Å²) in [5, 5.41) is 11.4. The minimum absolute atomic E-state index is 0.0231. The molecule has 1 atom stereocenters. The van der Waals surface area contributed by atoms with Gasteiger partial charge in [-0.3, -0.25) is 9.69 Å². The molecule has 2 aliphatic rings. The lowest BCUT2D eigenvalue weighted by Gasteiger charge is -2.42. The summed E-state index contributed by atoms with van der Waals surface area (Å²) in [5.41, 5.74) is 2.35. The second kappa shape index (κ2) is 8.50. The third-order valence-corrected chi connectivity index (χ3v) is 6.70. The number of anilines is 1. The summed E-state index contributed by atoms with van der Waals surface area (Å²) in [4.78, 5) is 16.9. The molecule has 2 aliphatic heterocycles. The van der Waals surface area contributed by atoms with Crippen molar-refractivity contribution in [3.05, 3.63) is 63.7 Å². The first-order valence-electron chi connectivity index (χ1n) is 9.35. The third kappa shape index (κ3) is 3.69. The van der Waals surface area contributed by atoms with E-state index >= 15 is 0 Å². The molecule has 2 heterocycles. The van der Waals surface area contributed by atoms with Crippen molar-refractivity contribution in [1.29, 1.82) is 5.26 Å². The number of hydrogen-bond donors (Lipinski definition) is 0. The van der Waals surface area contributed by atoms with Crippen LogP contribution in [0.4, 0.5) is 5.69 Å². The summed E-state index contributed by atoms with van der Waals surface area (Å²) < 4.78 is 10.9. The highest BCUT2D eigenvalue weighted by atomic mass is 35.5. The van der Waals surface area contributed by atoms with E-state index < -0.39 is 0 Å². The van der Waals surface area contributed by atoms with Gasteiger partial charge in [-0.2, -0.15) is 5.26 Å². The fourth-order valence-corrected chi connectivity index (χ4v) is 5.05. The van der Waals surface area contributed by atoms with Crippen LogP contribution in [0.3, 0.4) is 0 Å². The van der Waals surface area contributed by atoms with E-state index in [4.69, 9.17) is 21.1 Å². The largest absolute Gasteiger partial charge is 0.497 e. The van der Waals surface area contributed by atoms with Crippen molar-refractivity contribution >= 4 is 35.0 Å². The Morgan fingerprint density at radius 2 is 1.93 bits per heavy atom. The molecule has 0 saturated carbocycles. The van der Waals surface area contributed by atoms with Crippen molar-refractivity contribution in [2.45, 2.75) is 12.3 Å². The summed E-state index contributed by atoms with van der Waals surface area (Å²) in [5.74, 6) is 1.54. The number of carbonyl (C=O) groups is 1. The molecule has 0 aliphatic carbocycles. The van der Waals surface area contributed by atoms with E-state index in [0.717, 1.165) is 11.3 Å². The summed E-state index contributed by atoms with van der Waals surface area (Å²) in [7, 11) is 3.17. The SMILES string of the molecule is COc1ccc(OC)c([C@H]2CC(=O)N3CN(c4ccc(Cl)cc4)CSC3=C2C#N)c1. The Labute approximate surface area is 184 Å². The second-order valence-electron chi connectivity index (χ2n) is 6.95. The highest BCUT2D eigenvalue weighted by Crippen LogP contribution is 2.46. The first kappa shape index (κ1) is 20.5. The van der Waals surface area contributed by atoms with Crippen molar-refractivity contribution < 1.29 is 14.3 Å². The van der Waals surface area contributed by atoms with Crippen LogP contribution in [0.5, 0.6) is 11.5 Å². The van der Waals surface area contributed by atoms with Gasteiger partial charge in [-0.1, -0.05) is 23.4 Å². The van der Waals surface area contributed by atoms with Gasteiger partial charge in [0.2, 0.25) is 5.91 Å². The normalized spacial score (nSPS) is 18.7. The monoisotopic (exact) mass is 441 g/mol. The predicted molar refractivity (Wildman–Crippen MR) is 118 cm³/mol. The number of halogens is 1. The predicted octanol–water partition coefficient (Wildman–Crippen LogP) is 4.58. The quantitative estimate of drug-likeness (QED) is 0.692. The zero-order valence-corrected chi connectivity index (χ0v) is 18.2. The maximum Gasteiger partial charge on any atom is 0.229 e. The van der Waals surface area contributed by atoms with Gasteiger partial charge in [0.1, 0.15) is 11.5 Å². The zero-order valence-electron chi connectivity index (χ0n) is 16.6. The van der Waals surface area contributed by atoms with Crippen molar-refractivity contribution in [3.8, 4) is 17.6 Å². The number of nitriles is 1. The van der Waals surface area contributed by atoms with Crippen LogP contribution in [-0.2, 0) is 4.79 Å². The van der Waals surface area contributed by atoms with Crippen LogP contribution in [-0.4, -0.2) is 37.6 Å². The topological polar surface area (TPSA) is 65.8 Å². The molecule has 0 aromatic heterocycles. The Balaban J connectivity index is 1.70. The van der Waals surface area contributed by atoms with Gasteiger partial charge in [0, 0.05) is 28.6 Å². The van der Waals surface area contributed by atoms with Crippen LogP contribution in [0.25, 0.3) is 0 Å². The van der Waals surface area contributed by atoms with Gasteiger partial charge in [0.05, 0.1) is 43.4 Å². The average molecular weight is 442 g/mol. The summed E-state index contributed by atoms with van der Waals surface area (Å²) in [6.45, 7) is 0.399. The van der Waals surface area contributed by atoms with Crippen LogP contribution in [0.15, 0.2) is 53.1 Å². The van der Waals surface area contributed by atoms with E-state index in [1.807, 2.05) is 30.3 Å². The molecule has 0 bridgehead atoms. The highest BCUT2D eigenvalue weighted by molar-refractivity contribution is 8.03. The van der Waals surface area contributed by atoms with Crippen LogP contribution in [0.2, 0.25) is 5.02 Å². The van der Waals surface area contributed by atoms with E-state index in [0.29, 0.717) is 39.7 Å². The number of benzene rings is 2. The Hall–Kier alpha value is -2.82. The van der Waals surface area contributed by atoms with E-state index in [9.17, 15) is 10.1 Å². The third-order valence-electron chi connectivity index (χ3n) is 5.30. The number of ether oxygens (including phenoxy) is 2. The number of allylic oxidation sites excluding steroid dienone is 1. The molecule has 30 heavy (non-hydrogen) atoms. The maximum absolute atomic E-state index is 13.1. The van der Waals surface area contributed by atoms with Crippen molar-refractivity contribution in [2.75, 3.05) is 31.7 Å². The van der Waals surface area contributed by atoms with Crippen LogP contribution in [0, 0.1) is 11.3 Å². The Kier molecular flexibility index (Phi) is 5.80. The second-order valence-corrected chi connectivity index (χ2v) is 8.32. The number of hydrogen-bond acceptors (Lipinski definition) is 6. The molecular formula is C22H20ClN3O3S. The van der Waals surface area contributed by atoms with Crippen LogP contribution < -0.4 is 14.4 Å². The summed E-state index contributed by atoms with van der Waals surface area (Å²) in [6, 6.07) is 15.3. The standard InChI is InChI=1S/C22H20ClN3O3S/c1-28-16-7-8-20(29-2)18(9-16)17-10-21(27)26-12-25(13-30-22(26)19(17)11-24)15-5-3-14(23)4-6-15/h3-9,17H,10,12-13H2,1-2H3/t17-/m1/s1. The molecule has 0 radical (unpaired) electrons. The molecule has 4 rings (SSSR count). The number of fused-ring (bicyclic) bond motifs is 1. The van der Waals surface area contributed by atoms with Gasteiger partial charge in [0.25, 0.3) is 0 Å². The van der Waals surface area contributed by atoms with E-state index in [2.05, 4.69) is 11.0 Å².